The third-order valence-electron chi connectivity index (χ3n) is 5.13. The Kier molecular flexibility index (Phi) is 5.96. The number of piperidine rings is 1. The minimum atomic E-state index is -0.203. The van der Waals surface area contributed by atoms with Gasteiger partial charge in [0.2, 0.25) is 5.95 Å². The standard InChI is InChI=1S/C18H23Cl2N5OS/c1-18(10-21)6-8-25(9-7-18)17-23-15(22)14(16(26)24(17)2)27-12-5-3-4-11(19)13(12)20/h3-5H,6-10,21-22H2,1-2H3. The summed E-state index contributed by atoms with van der Waals surface area (Å²) in [6.45, 7) is 4.44. The lowest BCUT2D eigenvalue weighted by Gasteiger charge is -2.39. The summed E-state index contributed by atoms with van der Waals surface area (Å²) in [6.07, 6.45) is 1.90. The van der Waals surface area contributed by atoms with E-state index >= 15 is 0 Å². The van der Waals surface area contributed by atoms with Gasteiger partial charge in [0.15, 0.2) is 0 Å². The van der Waals surface area contributed by atoms with E-state index in [1.165, 1.54) is 11.8 Å². The topological polar surface area (TPSA) is 90.2 Å². The quantitative estimate of drug-likeness (QED) is 0.776. The molecule has 0 aliphatic carbocycles. The maximum absolute atomic E-state index is 12.9. The molecule has 2 heterocycles. The van der Waals surface area contributed by atoms with E-state index in [9.17, 15) is 4.79 Å². The molecule has 9 heteroatoms. The van der Waals surface area contributed by atoms with Crippen molar-refractivity contribution in [3.05, 3.63) is 38.6 Å². The number of halogens is 2. The third-order valence-corrected chi connectivity index (χ3v) is 7.21. The first-order chi connectivity index (χ1) is 12.8. The minimum Gasteiger partial charge on any atom is -0.382 e. The molecule has 0 amide bonds. The second kappa shape index (κ2) is 7.91. The first kappa shape index (κ1) is 20.3. The predicted molar refractivity (Wildman–Crippen MR) is 113 cm³/mol. The Morgan fingerprint density at radius 1 is 1.30 bits per heavy atom. The highest BCUT2D eigenvalue weighted by atomic mass is 35.5. The van der Waals surface area contributed by atoms with Crippen molar-refractivity contribution in [2.45, 2.75) is 29.6 Å². The van der Waals surface area contributed by atoms with Gasteiger partial charge in [-0.3, -0.25) is 9.36 Å². The number of hydrogen-bond acceptors (Lipinski definition) is 6. The van der Waals surface area contributed by atoms with Crippen molar-refractivity contribution < 1.29 is 0 Å². The number of hydrogen-bond donors (Lipinski definition) is 2. The average molecular weight is 428 g/mol. The number of nitrogens with zero attached hydrogens (tertiary/aromatic N) is 3. The SMILES string of the molecule is Cn1c(N2CCC(C)(CN)CC2)nc(N)c(Sc2cccc(Cl)c2Cl)c1=O. The van der Waals surface area contributed by atoms with Crippen molar-refractivity contribution in [1.82, 2.24) is 9.55 Å². The normalized spacial score (nSPS) is 16.6. The van der Waals surface area contributed by atoms with E-state index in [4.69, 9.17) is 34.7 Å². The number of benzene rings is 1. The van der Waals surface area contributed by atoms with Gasteiger partial charge in [0.05, 0.1) is 10.0 Å². The van der Waals surface area contributed by atoms with Crippen LogP contribution in [-0.4, -0.2) is 29.2 Å². The van der Waals surface area contributed by atoms with Crippen LogP contribution in [0, 0.1) is 5.41 Å². The van der Waals surface area contributed by atoms with Crippen molar-refractivity contribution in [3.8, 4) is 0 Å². The fourth-order valence-corrected chi connectivity index (χ4v) is 4.50. The van der Waals surface area contributed by atoms with Crippen LogP contribution in [0.5, 0.6) is 0 Å². The molecule has 27 heavy (non-hydrogen) atoms. The summed E-state index contributed by atoms with van der Waals surface area (Å²) in [5.41, 5.74) is 12.0. The summed E-state index contributed by atoms with van der Waals surface area (Å²) >= 11 is 13.5. The number of nitrogen functional groups attached to an aromatic ring is 1. The first-order valence-electron chi connectivity index (χ1n) is 8.69. The molecule has 0 radical (unpaired) electrons. The van der Waals surface area contributed by atoms with Crippen LogP contribution in [0.25, 0.3) is 0 Å². The van der Waals surface area contributed by atoms with Gasteiger partial charge < -0.3 is 16.4 Å². The number of rotatable bonds is 4. The summed E-state index contributed by atoms with van der Waals surface area (Å²) in [5, 5.41) is 0.824. The van der Waals surface area contributed by atoms with Crippen LogP contribution in [0.2, 0.25) is 10.0 Å². The Balaban J connectivity index is 1.91. The van der Waals surface area contributed by atoms with E-state index in [0.717, 1.165) is 25.9 Å². The van der Waals surface area contributed by atoms with Crippen molar-refractivity contribution in [1.29, 1.82) is 0 Å². The molecule has 6 nitrogen and oxygen atoms in total. The van der Waals surface area contributed by atoms with E-state index in [0.29, 0.717) is 32.3 Å². The molecule has 1 aliphatic rings. The molecule has 146 valence electrons. The Bertz CT molecular complexity index is 909. The minimum absolute atomic E-state index is 0.139. The van der Waals surface area contributed by atoms with Crippen LogP contribution >= 0.6 is 35.0 Å². The average Bonchev–Trinajstić information content (AvgIpc) is 2.66. The number of aromatic nitrogens is 2. The van der Waals surface area contributed by atoms with Crippen LogP contribution in [0.4, 0.5) is 11.8 Å². The van der Waals surface area contributed by atoms with Gasteiger partial charge in [-0.2, -0.15) is 4.98 Å². The Morgan fingerprint density at radius 3 is 2.59 bits per heavy atom. The highest BCUT2D eigenvalue weighted by Crippen LogP contribution is 2.38. The maximum atomic E-state index is 12.9. The van der Waals surface area contributed by atoms with Gasteiger partial charge in [-0.1, -0.05) is 48.0 Å². The van der Waals surface area contributed by atoms with Gasteiger partial charge in [-0.15, -0.1) is 0 Å². The lowest BCUT2D eigenvalue weighted by Crippen LogP contribution is -2.44. The van der Waals surface area contributed by atoms with Crippen LogP contribution in [0.1, 0.15) is 19.8 Å². The second-order valence-corrected chi connectivity index (χ2v) is 8.98. The summed E-state index contributed by atoms with van der Waals surface area (Å²) in [5.74, 6) is 0.777. The molecular formula is C18H23Cl2N5OS. The lowest BCUT2D eigenvalue weighted by molar-refractivity contribution is 0.256. The Labute approximate surface area is 172 Å². The van der Waals surface area contributed by atoms with Gasteiger partial charge in [0, 0.05) is 25.0 Å². The lowest BCUT2D eigenvalue weighted by atomic mass is 9.81. The highest BCUT2D eigenvalue weighted by molar-refractivity contribution is 7.99. The van der Waals surface area contributed by atoms with E-state index in [2.05, 4.69) is 16.8 Å². The van der Waals surface area contributed by atoms with Gasteiger partial charge >= 0.3 is 0 Å². The highest BCUT2D eigenvalue weighted by Gasteiger charge is 2.30. The van der Waals surface area contributed by atoms with Crippen LogP contribution in [-0.2, 0) is 7.05 Å². The third kappa shape index (κ3) is 4.06. The maximum Gasteiger partial charge on any atom is 0.270 e. The number of nitrogens with two attached hydrogens (primary N) is 2. The molecule has 2 aromatic rings. The van der Waals surface area contributed by atoms with Gasteiger partial charge in [-0.05, 0) is 36.9 Å². The van der Waals surface area contributed by atoms with E-state index < -0.39 is 0 Å². The summed E-state index contributed by atoms with van der Waals surface area (Å²) in [4.78, 5) is 20.6. The molecule has 0 bridgehead atoms. The van der Waals surface area contributed by atoms with Gasteiger partial charge in [0.25, 0.3) is 5.56 Å². The molecule has 0 atom stereocenters. The molecule has 1 aliphatic heterocycles. The molecule has 1 fully saturated rings. The zero-order chi connectivity index (χ0) is 19.8. The first-order valence-corrected chi connectivity index (χ1v) is 10.3. The molecule has 1 saturated heterocycles. The molecule has 4 N–H and O–H groups in total. The van der Waals surface area contributed by atoms with Crippen molar-refractivity contribution >= 4 is 46.7 Å². The summed E-state index contributed by atoms with van der Waals surface area (Å²) in [6, 6.07) is 5.27. The van der Waals surface area contributed by atoms with Crippen LogP contribution in [0.15, 0.2) is 32.8 Å². The smallest absolute Gasteiger partial charge is 0.270 e. The van der Waals surface area contributed by atoms with E-state index in [1.807, 2.05) is 0 Å². The monoisotopic (exact) mass is 427 g/mol. The van der Waals surface area contributed by atoms with Crippen molar-refractivity contribution in [3.63, 3.8) is 0 Å². The Hall–Kier alpha value is -1.41. The Morgan fingerprint density at radius 2 is 1.96 bits per heavy atom. The van der Waals surface area contributed by atoms with Gasteiger partial charge in [0.1, 0.15) is 10.7 Å². The largest absolute Gasteiger partial charge is 0.382 e. The van der Waals surface area contributed by atoms with Crippen molar-refractivity contribution in [2.24, 2.45) is 18.2 Å². The zero-order valence-electron chi connectivity index (χ0n) is 15.3. The predicted octanol–water partition coefficient (Wildman–Crippen LogP) is 3.39. The summed E-state index contributed by atoms with van der Waals surface area (Å²) < 4.78 is 1.54. The zero-order valence-corrected chi connectivity index (χ0v) is 17.7. The second-order valence-electron chi connectivity index (χ2n) is 7.15. The molecular weight excluding hydrogens is 405 g/mol. The van der Waals surface area contributed by atoms with Gasteiger partial charge in [-0.25, -0.2) is 0 Å². The molecule has 1 aromatic heterocycles. The molecule has 1 aromatic carbocycles. The fraction of sp³-hybridized carbons (Fsp3) is 0.444. The summed E-state index contributed by atoms with van der Waals surface area (Å²) in [7, 11) is 1.71. The van der Waals surface area contributed by atoms with Crippen molar-refractivity contribution in [2.75, 3.05) is 30.3 Å². The van der Waals surface area contributed by atoms with Crippen LogP contribution < -0.4 is 21.9 Å². The molecule has 0 spiro atoms. The molecule has 3 rings (SSSR count). The number of anilines is 2. The molecule has 0 unspecified atom stereocenters. The van der Waals surface area contributed by atoms with E-state index in [-0.39, 0.29) is 16.8 Å². The fourth-order valence-electron chi connectivity index (χ4n) is 3.09. The molecule has 0 saturated carbocycles. The van der Waals surface area contributed by atoms with E-state index in [1.54, 1.807) is 29.8 Å². The van der Waals surface area contributed by atoms with Crippen LogP contribution in [0.3, 0.4) is 0 Å².